The number of aliphatic hydroxyl groups excluding tert-OH is 1. The van der Waals surface area contributed by atoms with Crippen LogP contribution in [0.15, 0.2) is 36.5 Å². The van der Waals surface area contributed by atoms with Gasteiger partial charge in [0, 0.05) is 49.2 Å². The SMILES string of the molecule is COC1CN(c2ccnc(C(O)NC34CC(NC(=O)COc5ccc(Cl)c(F)c5)(C3)C4)c2)C1. The molecule has 176 valence electrons. The van der Waals surface area contributed by atoms with Crippen LogP contribution in [0.25, 0.3) is 0 Å². The number of aliphatic hydroxyl groups is 1. The monoisotopic (exact) mass is 476 g/mol. The third-order valence-corrected chi connectivity index (χ3v) is 7.04. The van der Waals surface area contributed by atoms with Gasteiger partial charge < -0.3 is 24.8 Å². The number of amides is 1. The number of anilines is 1. The van der Waals surface area contributed by atoms with Crippen molar-refractivity contribution in [3.8, 4) is 5.75 Å². The van der Waals surface area contributed by atoms with Gasteiger partial charge in [0.25, 0.3) is 5.91 Å². The van der Waals surface area contributed by atoms with Crippen LogP contribution in [0.4, 0.5) is 10.1 Å². The molecule has 1 amide bonds. The maximum atomic E-state index is 13.5. The highest BCUT2D eigenvalue weighted by Crippen LogP contribution is 2.60. The topological polar surface area (TPSA) is 96.0 Å². The Morgan fingerprint density at radius 2 is 2.06 bits per heavy atom. The first-order valence-corrected chi connectivity index (χ1v) is 11.2. The molecular formula is C23H26ClFN4O4. The zero-order valence-electron chi connectivity index (χ0n) is 18.2. The molecule has 2 aromatic rings. The molecule has 2 bridgehead atoms. The third kappa shape index (κ3) is 4.38. The third-order valence-electron chi connectivity index (χ3n) is 6.73. The van der Waals surface area contributed by atoms with E-state index in [1.54, 1.807) is 13.3 Å². The molecule has 0 spiro atoms. The van der Waals surface area contributed by atoms with E-state index in [0.717, 1.165) is 44.1 Å². The molecule has 1 unspecified atom stereocenters. The Balaban J connectivity index is 1.08. The second-order valence-electron chi connectivity index (χ2n) is 9.25. The largest absolute Gasteiger partial charge is 0.484 e. The maximum Gasteiger partial charge on any atom is 0.258 e. The van der Waals surface area contributed by atoms with Gasteiger partial charge in [0.15, 0.2) is 6.61 Å². The Labute approximate surface area is 196 Å². The molecule has 6 rings (SSSR count). The second-order valence-corrected chi connectivity index (χ2v) is 9.66. The lowest BCUT2D eigenvalue weighted by Gasteiger charge is -2.71. The average molecular weight is 477 g/mol. The number of pyridine rings is 1. The first kappa shape index (κ1) is 22.3. The Kier molecular flexibility index (Phi) is 5.68. The molecule has 1 atom stereocenters. The van der Waals surface area contributed by atoms with Crippen molar-refractivity contribution in [2.45, 2.75) is 42.7 Å². The summed E-state index contributed by atoms with van der Waals surface area (Å²) >= 11 is 5.65. The highest BCUT2D eigenvalue weighted by molar-refractivity contribution is 6.30. The molecule has 0 radical (unpaired) electrons. The number of aromatic nitrogens is 1. The van der Waals surface area contributed by atoms with Crippen LogP contribution in [-0.4, -0.2) is 60.0 Å². The van der Waals surface area contributed by atoms with Gasteiger partial charge in [-0.05, 0) is 43.5 Å². The van der Waals surface area contributed by atoms with E-state index in [-0.39, 0.29) is 40.5 Å². The summed E-state index contributed by atoms with van der Waals surface area (Å²) in [6.07, 6.45) is 3.22. The molecule has 1 aromatic heterocycles. The molecule has 3 N–H and O–H groups in total. The van der Waals surface area contributed by atoms with Crippen LogP contribution in [0.2, 0.25) is 5.02 Å². The Bertz CT molecular complexity index is 1040. The van der Waals surface area contributed by atoms with E-state index in [9.17, 15) is 14.3 Å². The zero-order valence-corrected chi connectivity index (χ0v) is 18.9. The predicted molar refractivity (Wildman–Crippen MR) is 120 cm³/mol. The predicted octanol–water partition coefficient (Wildman–Crippen LogP) is 2.16. The number of nitrogens with one attached hydrogen (secondary N) is 2. The van der Waals surface area contributed by atoms with Crippen molar-refractivity contribution in [2.75, 3.05) is 31.7 Å². The fourth-order valence-electron chi connectivity index (χ4n) is 5.07. The van der Waals surface area contributed by atoms with E-state index < -0.39 is 12.0 Å². The van der Waals surface area contributed by atoms with Crippen LogP contribution in [0.1, 0.15) is 31.2 Å². The molecule has 4 fully saturated rings. The number of carbonyl (C=O) groups excluding carboxylic acids is 1. The summed E-state index contributed by atoms with van der Waals surface area (Å²) in [6, 6.07) is 7.87. The second kappa shape index (κ2) is 8.39. The van der Waals surface area contributed by atoms with Gasteiger partial charge in [0.2, 0.25) is 0 Å². The van der Waals surface area contributed by atoms with Crippen LogP contribution in [-0.2, 0) is 9.53 Å². The van der Waals surface area contributed by atoms with Crippen molar-refractivity contribution >= 4 is 23.2 Å². The van der Waals surface area contributed by atoms with E-state index in [0.29, 0.717) is 5.69 Å². The molecule has 8 nitrogen and oxygen atoms in total. The highest BCUT2D eigenvalue weighted by atomic mass is 35.5. The van der Waals surface area contributed by atoms with Crippen molar-refractivity contribution < 1.29 is 23.8 Å². The summed E-state index contributed by atoms with van der Waals surface area (Å²) in [6.45, 7) is 1.45. The summed E-state index contributed by atoms with van der Waals surface area (Å²) < 4.78 is 24.1. The van der Waals surface area contributed by atoms with Crippen LogP contribution in [0.5, 0.6) is 5.75 Å². The molecule has 10 heteroatoms. The molecule has 1 aromatic carbocycles. The van der Waals surface area contributed by atoms with Gasteiger partial charge in [-0.1, -0.05) is 11.6 Å². The van der Waals surface area contributed by atoms with Gasteiger partial charge in [0.1, 0.15) is 17.8 Å². The lowest BCUT2D eigenvalue weighted by atomic mass is 9.44. The lowest BCUT2D eigenvalue weighted by molar-refractivity contribution is -0.151. The van der Waals surface area contributed by atoms with Crippen LogP contribution in [0.3, 0.4) is 0 Å². The highest BCUT2D eigenvalue weighted by Gasteiger charge is 2.69. The molecule has 33 heavy (non-hydrogen) atoms. The van der Waals surface area contributed by atoms with Gasteiger partial charge in [0.05, 0.1) is 16.8 Å². The van der Waals surface area contributed by atoms with E-state index in [1.165, 1.54) is 12.1 Å². The van der Waals surface area contributed by atoms with Crippen molar-refractivity contribution in [1.82, 2.24) is 15.6 Å². The summed E-state index contributed by atoms with van der Waals surface area (Å²) in [4.78, 5) is 18.8. The number of hydrogen-bond donors (Lipinski definition) is 3. The van der Waals surface area contributed by atoms with Crippen LogP contribution < -0.4 is 20.3 Å². The summed E-state index contributed by atoms with van der Waals surface area (Å²) in [5.74, 6) is -0.612. The first-order valence-electron chi connectivity index (χ1n) is 10.9. The zero-order chi connectivity index (χ0) is 23.2. The Hall–Kier alpha value is -2.46. The number of hydrogen-bond acceptors (Lipinski definition) is 7. The number of rotatable bonds is 9. The van der Waals surface area contributed by atoms with Gasteiger partial charge in [-0.25, -0.2) is 4.39 Å². The molecular weight excluding hydrogens is 451 g/mol. The number of ether oxygens (including phenoxy) is 2. The van der Waals surface area contributed by atoms with Gasteiger partial charge in [-0.2, -0.15) is 0 Å². The number of carbonyl (C=O) groups is 1. The Morgan fingerprint density at radius 3 is 2.76 bits per heavy atom. The molecule has 2 heterocycles. The average Bonchev–Trinajstić information content (AvgIpc) is 2.71. The van der Waals surface area contributed by atoms with Crippen molar-refractivity contribution in [3.63, 3.8) is 0 Å². The summed E-state index contributed by atoms with van der Waals surface area (Å²) in [5.41, 5.74) is 1.10. The number of methoxy groups -OCH3 is 1. The summed E-state index contributed by atoms with van der Waals surface area (Å²) in [5, 5.41) is 17.0. The minimum Gasteiger partial charge on any atom is -0.484 e. The standard InChI is InChI=1S/C23H26ClFN4O4/c1-32-16-8-29(9-16)14-4-5-26-19(6-14)21(31)28-23-11-22(12-23,13-23)27-20(30)10-33-15-2-3-17(24)18(25)7-15/h2-7,16,21,28,31H,8-13H2,1H3,(H,27,30). The van der Waals surface area contributed by atoms with Crippen molar-refractivity contribution in [2.24, 2.45) is 0 Å². The molecule has 4 aliphatic rings. The fraction of sp³-hybridized carbons (Fsp3) is 0.478. The van der Waals surface area contributed by atoms with Gasteiger partial charge >= 0.3 is 0 Å². The minimum absolute atomic E-state index is 0.00265. The summed E-state index contributed by atoms with van der Waals surface area (Å²) in [7, 11) is 1.71. The molecule has 1 saturated heterocycles. The number of benzene rings is 1. The van der Waals surface area contributed by atoms with E-state index >= 15 is 0 Å². The minimum atomic E-state index is -0.887. The molecule has 3 saturated carbocycles. The lowest BCUT2D eigenvalue weighted by Crippen LogP contribution is -2.83. The van der Waals surface area contributed by atoms with Crippen LogP contribution >= 0.6 is 11.6 Å². The Morgan fingerprint density at radius 1 is 1.30 bits per heavy atom. The fourth-order valence-corrected chi connectivity index (χ4v) is 5.18. The van der Waals surface area contributed by atoms with E-state index in [1.807, 2.05) is 12.1 Å². The molecule has 1 aliphatic heterocycles. The van der Waals surface area contributed by atoms with Crippen molar-refractivity contribution in [3.05, 3.63) is 53.1 Å². The molecule has 3 aliphatic carbocycles. The number of halogens is 2. The van der Waals surface area contributed by atoms with Crippen molar-refractivity contribution in [1.29, 1.82) is 0 Å². The van der Waals surface area contributed by atoms with Crippen LogP contribution in [0, 0.1) is 5.82 Å². The first-order chi connectivity index (χ1) is 15.8. The smallest absolute Gasteiger partial charge is 0.258 e. The van der Waals surface area contributed by atoms with E-state index in [2.05, 4.69) is 20.5 Å². The van der Waals surface area contributed by atoms with Gasteiger partial charge in [-0.15, -0.1) is 0 Å². The normalized spacial score (nSPS) is 26.6. The maximum absolute atomic E-state index is 13.5. The number of nitrogens with zero attached hydrogens (tertiary/aromatic N) is 2. The van der Waals surface area contributed by atoms with Gasteiger partial charge in [-0.3, -0.25) is 15.1 Å². The quantitative estimate of drug-likeness (QED) is 0.477. The van der Waals surface area contributed by atoms with E-state index in [4.69, 9.17) is 21.1 Å².